The van der Waals surface area contributed by atoms with Crippen LogP contribution in [0.4, 0.5) is 0 Å². The van der Waals surface area contributed by atoms with Crippen molar-refractivity contribution in [1.29, 1.82) is 0 Å². The van der Waals surface area contributed by atoms with E-state index >= 15 is 0 Å². The second-order valence-corrected chi connectivity index (χ2v) is 7.16. The molecule has 2 aromatic rings. The van der Waals surface area contributed by atoms with Crippen LogP contribution in [0.2, 0.25) is 0 Å². The highest BCUT2D eigenvalue weighted by molar-refractivity contribution is 5.59. The Bertz CT molecular complexity index is 912. The summed E-state index contributed by atoms with van der Waals surface area (Å²) in [5.41, 5.74) is 3.33. The lowest BCUT2D eigenvalue weighted by atomic mass is 9.87. The Balaban J connectivity index is 2.03. The van der Waals surface area contributed by atoms with Crippen LogP contribution in [0.15, 0.2) is 29.8 Å². The number of hydrogen-bond acceptors (Lipinski definition) is 6. The molecule has 6 heteroatoms. The summed E-state index contributed by atoms with van der Waals surface area (Å²) in [6.45, 7) is 4.33. The Morgan fingerprint density at radius 2 is 1.82 bits per heavy atom. The third-order valence-electron chi connectivity index (χ3n) is 5.00. The molecule has 2 aromatic carbocycles. The van der Waals surface area contributed by atoms with E-state index in [2.05, 4.69) is 0 Å². The quantitative estimate of drug-likeness (QED) is 0.672. The molecule has 0 fully saturated rings. The first-order valence-electron chi connectivity index (χ1n) is 9.13. The number of benzene rings is 2. The fourth-order valence-electron chi connectivity index (χ4n) is 3.54. The van der Waals surface area contributed by atoms with E-state index in [4.69, 9.17) is 14.2 Å². The summed E-state index contributed by atoms with van der Waals surface area (Å²) >= 11 is 0. The third kappa shape index (κ3) is 3.67. The second kappa shape index (κ2) is 7.92. The van der Waals surface area contributed by atoms with Gasteiger partial charge in [0.05, 0.1) is 20.8 Å². The van der Waals surface area contributed by atoms with Gasteiger partial charge < -0.3 is 29.5 Å². The minimum atomic E-state index is -0.156. The van der Waals surface area contributed by atoms with E-state index in [1.54, 1.807) is 19.2 Å². The minimum absolute atomic E-state index is 0.0159. The SMILES string of the molecule is COc1cc([C@H]2COc3cc(O)c(CC=C(C)C)c(OC)c3C2)c(O)cc1O. The highest BCUT2D eigenvalue weighted by Crippen LogP contribution is 2.46. The topological polar surface area (TPSA) is 88.4 Å². The van der Waals surface area contributed by atoms with Crippen LogP contribution in [0, 0.1) is 0 Å². The normalized spacial score (nSPS) is 15.4. The Morgan fingerprint density at radius 3 is 2.46 bits per heavy atom. The molecular weight excluding hydrogens is 360 g/mol. The van der Waals surface area contributed by atoms with Crippen molar-refractivity contribution in [2.45, 2.75) is 32.6 Å². The standard InChI is InChI=1S/C22H26O6/c1-12(2)5-6-14-18(24)10-20-16(22(14)27-4)7-13(11-28-20)15-8-21(26-3)19(25)9-17(15)23/h5,8-10,13,23-25H,6-7,11H2,1-4H3/t13-/m1/s1. The van der Waals surface area contributed by atoms with E-state index in [9.17, 15) is 15.3 Å². The van der Waals surface area contributed by atoms with Crippen molar-refractivity contribution < 1.29 is 29.5 Å². The summed E-state index contributed by atoms with van der Waals surface area (Å²) in [5, 5.41) is 30.6. The number of phenolic OH excluding ortho intramolecular Hbond substituents is 3. The minimum Gasteiger partial charge on any atom is -0.508 e. The Labute approximate surface area is 164 Å². The number of aromatic hydroxyl groups is 3. The van der Waals surface area contributed by atoms with Gasteiger partial charge in [-0.15, -0.1) is 0 Å². The van der Waals surface area contributed by atoms with Gasteiger partial charge in [-0.2, -0.15) is 0 Å². The number of methoxy groups -OCH3 is 2. The molecule has 0 aromatic heterocycles. The van der Waals surface area contributed by atoms with Gasteiger partial charge in [-0.25, -0.2) is 0 Å². The summed E-state index contributed by atoms with van der Waals surface area (Å²) in [6, 6.07) is 4.53. The van der Waals surface area contributed by atoms with Crippen LogP contribution in [0.5, 0.6) is 34.5 Å². The molecule has 1 aliphatic heterocycles. The summed E-state index contributed by atoms with van der Waals surface area (Å²) in [6.07, 6.45) is 3.14. The lowest BCUT2D eigenvalue weighted by molar-refractivity contribution is 0.252. The predicted molar refractivity (Wildman–Crippen MR) is 106 cm³/mol. The van der Waals surface area contributed by atoms with Gasteiger partial charge in [0.2, 0.25) is 0 Å². The highest BCUT2D eigenvalue weighted by Gasteiger charge is 2.29. The molecule has 150 valence electrons. The van der Waals surface area contributed by atoms with Crippen molar-refractivity contribution in [3.63, 3.8) is 0 Å². The van der Waals surface area contributed by atoms with Crippen molar-refractivity contribution in [3.05, 3.63) is 46.5 Å². The first kappa shape index (κ1) is 19.7. The van der Waals surface area contributed by atoms with Crippen LogP contribution in [0.3, 0.4) is 0 Å². The van der Waals surface area contributed by atoms with Gasteiger partial charge in [0, 0.05) is 34.7 Å². The van der Waals surface area contributed by atoms with Gasteiger partial charge in [-0.1, -0.05) is 11.6 Å². The fraction of sp³-hybridized carbons (Fsp3) is 0.364. The first-order chi connectivity index (χ1) is 13.3. The molecule has 0 unspecified atom stereocenters. The molecule has 28 heavy (non-hydrogen) atoms. The third-order valence-corrected chi connectivity index (χ3v) is 5.00. The molecule has 0 saturated heterocycles. The van der Waals surface area contributed by atoms with Crippen molar-refractivity contribution in [2.24, 2.45) is 0 Å². The average Bonchev–Trinajstić information content (AvgIpc) is 2.65. The van der Waals surface area contributed by atoms with Gasteiger partial charge in [-0.05, 0) is 32.8 Å². The fourth-order valence-corrected chi connectivity index (χ4v) is 3.54. The van der Waals surface area contributed by atoms with Gasteiger partial charge in [0.15, 0.2) is 11.5 Å². The second-order valence-electron chi connectivity index (χ2n) is 7.16. The molecule has 6 nitrogen and oxygen atoms in total. The maximum atomic E-state index is 10.4. The smallest absolute Gasteiger partial charge is 0.161 e. The van der Waals surface area contributed by atoms with E-state index in [0.29, 0.717) is 47.8 Å². The zero-order valence-corrected chi connectivity index (χ0v) is 16.6. The lowest BCUT2D eigenvalue weighted by Crippen LogP contribution is -2.20. The van der Waals surface area contributed by atoms with Crippen molar-refractivity contribution in [3.8, 4) is 34.5 Å². The molecule has 0 amide bonds. The molecule has 0 aliphatic carbocycles. The van der Waals surface area contributed by atoms with Crippen molar-refractivity contribution in [2.75, 3.05) is 20.8 Å². The number of rotatable bonds is 5. The summed E-state index contributed by atoms with van der Waals surface area (Å²) < 4.78 is 16.7. The Hall–Kier alpha value is -3.02. The van der Waals surface area contributed by atoms with E-state index < -0.39 is 0 Å². The summed E-state index contributed by atoms with van der Waals surface area (Å²) in [4.78, 5) is 0. The van der Waals surface area contributed by atoms with Gasteiger partial charge >= 0.3 is 0 Å². The Kier molecular flexibility index (Phi) is 5.58. The lowest BCUT2D eigenvalue weighted by Gasteiger charge is -2.29. The molecule has 1 heterocycles. The van der Waals surface area contributed by atoms with Crippen LogP contribution in [0.25, 0.3) is 0 Å². The first-order valence-corrected chi connectivity index (χ1v) is 9.13. The van der Waals surface area contributed by atoms with Crippen LogP contribution in [0.1, 0.15) is 36.5 Å². The van der Waals surface area contributed by atoms with E-state index in [1.807, 2.05) is 19.9 Å². The zero-order valence-electron chi connectivity index (χ0n) is 16.6. The summed E-state index contributed by atoms with van der Waals surface area (Å²) in [7, 11) is 3.04. The summed E-state index contributed by atoms with van der Waals surface area (Å²) in [5.74, 6) is 1.32. The molecule has 1 aliphatic rings. The number of hydrogen-bond donors (Lipinski definition) is 3. The maximum Gasteiger partial charge on any atom is 0.161 e. The number of phenols is 3. The zero-order chi connectivity index (χ0) is 20.4. The number of fused-ring (bicyclic) bond motifs is 1. The van der Waals surface area contributed by atoms with Gasteiger partial charge in [0.1, 0.15) is 23.0 Å². The van der Waals surface area contributed by atoms with Crippen molar-refractivity contribution in [1.82, 2.24) is 0 Å². The number of ether oxygens (including phenoxy) is 3. The molecule has 3 rings (SSSR count). The van der Waals surface area contributed by atoms with E-state index in [-0.39, 0.29) is 23.2 Å². The van der Waals surface area contributed by atoms with E-state index in [1.165, 1.54) is 13.2 Å². The van der Waals surface area contributed by atoms with Gasteiger partial charge in [-0.3, -0.25) is 0 Å². The largest absolute Gasteiger partial charge is 0.508 e. The average molecular weight is 386 g/mol. The molecule has 0 radical (unpaired) electrons. The van der Waals surface area contributed by atoms with Crippen LogP contribution < -0.4 is 14.2 Å². The molecular formula is C22H26O6. The van der Waals surface area contributed by atoms with Gasteiger partial charge in [0.25, 0.3) is 0 Å². The number of allylic oxidation sites excluding steroid dienone is 2. The van der Waals surface area contributed by atoms with Crippen LogP contribution in [-0.2, 0) is 12.8 Å². The monoisotopic (exact) mass is 386 g/mol. The highest BCUT2D eigenvalue weighted by atomic mass is 16.5. The molecule has 0 saturated carbocycles. The molecule has 0 bridgehead atoms. The van der Waals surface area contributed by atoms with Crippen LogP contribution >= 0.6 is 0 Å². The molecule has 1 atom stereocenters. The predicted octanol–water partition coefficient (Wildman–Crippen LogP) is 4.05. The van der Waals surface area contributed by atoms with Crippen molar-refractivity contribution >= 4 is 0 Å². The van der Waals surface area contributed by atoms with E-state index in [0.717, 1.165) is 11.1 Å². The molecule has 3 N–H and O–H groups in total. The van der Waals surface area contributed by atoms with Crippen LogP contribution in [-0.4, -0.2) is 36.1 Å². The molecule has 0 spiro atoms. The Morgan fingerprint density at radius 1 is 1.07 bits per heavy atom. The maximum absolute atomic E-state index is 10.4.